The maximum Gasteiger partial charge on any atom is 0.261 e. The summed E-state index contributed by atoms with van der Waals surface area (Å²) in [6.45, 7) is 10.1. The van der Waals surface area contributed by atoms with Crippen molar-refractivity contribution in [2.75, 3.05) is 18.0 Å². The van der Waals surface area contributed by atoms with Gasteiger partial charge in [0, 0.05) is 19.1 Å². The first-order valence-corrected chi connectivity index (χ1v) is 9.66. The van der Waals surface area contributed by atoms with Crippen molar-refractivity contribution in [3.8, 4) is 0 Å². The van der Waals surface area contributed by atoms with E-state index in [-0.39, 0.29) is 11.9 Å². The molecule has 1 N–H and O–H groups in total. The molecule has 6 heteroatoms. The van der Waals surface area contributed by atoms with E-state index in [0.29, 0.717) is 0 Å². The van der Waals surface area contributed by atoms with Gasteiger partial charge in [-0.05, 0) is 52.0 Å². The Bertz CT molecular complexity index is 749. The van der Waals surface area contributed by atoms with E-state index >= 15 is 0 Å². The Hall–Kier alpha value is -1.69. The molecule has 0 aliphatic carbocycles. The van der Waals surface area contributed by atoms with Crippen LogP contribution in [0.5, 0.6) is 0 Å². The van der Waals surface area contributed by atoms with Crippen molar-refractivity contribution < 1.29 is 4.79 Å². The lowest BCUT2D eigenvalue weighted by molar-refractivity contribution is 0.0943. The zero-order chi connectivity index (χ0) is 17.3. The number of hydrogen-bond acceptors (Lipinski definition) is 5. The van der Waals surface area contributed by atoms with Gasteiger partial charge in [0.1, 0.15) is 16.5 Å². The van der Waals surface area contributed by atoms with Crippen LogP contribution in [0.25, 0.3) is 10.2 Å². The van der Waals surface area contributed by atoms with Crippen LogP contribution in [0, 0.1) is 13.8 Å². The number of amides is 1. The van der Waals surface area contributed by atoms with Gasteiger partial charge in [-0.2, -0.15) is 0 Å². The van der Waals surface area contributed by atoms with Crippen molar-refractivity contribution in [3.05, 3.63) is 16.3 Å². The van der Waals surface area contributed by atoms with E-state index in [2.05, 4.69) is 22.1 Å². The van der Waals surface area contributed by atoms with Crippen molar-refractivity contribution in [2.45, 2.75) is 59.4 Å². The zero-order valence-corrected chi connectivity index (χ0v) is 15.8. The molecule has 0 aromatic carbocycles. The molecular weight excluding hydrogens is 320 g/mol. The summed E-state index contributed by atoms with van der Waals surface area (Å²) in [5, 5.41) is 4.13. The number of aryl methyl sites for hydroxylation is 2. The minimum atomic E-state index is 0.00657. The summed E-state index contributed by atoms with van der Waals surface area (Å²) >= 11 is 1.49. The fourth-order valence-electron chi connectivity index (χ4n) is 3.16. The van der Waals surface area contributed by atoms with Crippen LogP contribution in [0.15, 0.2) is 0 Å². The maximum absolute atomic E-state index is 12.6. The SMILES string of the molecule is CCC(C)NC(=O)c1sc2nc(C)nc(N3CCCCC3)c2c1C. The Labute approximate surface area is 147 Å². The van der Waals surface area contributed by atoms with Crippen molar-refractivity contribution in [1.82, 2.24) is 15.3 Å². The molecule has 0 bridgehead atoms. The Kier molecular flexibility index (Phi) is 5.04. The Morgan fingerprint density at radius 1 is 1.25 bits per heavy atom. The van der Waals surface area contributed by atoms with E-state index in [0.717, 1.165) is 51.8 Å². The Balaban J connectivity index is 2.05. The van der Waals surface area contributed by atoms with Crippen molar-refractivity contribution >= 4 is 33.3 Å². The molecule has 2 aromatic heterocycles. The minimum Gasteiger partial charge on any atom is -0.356 e. The van der Waals surface area contributed by atoms with Gasteiger partial charge in [-0.1, -0.05) is 6.92 Å². The highest BCUT2D eigenvalue weighted by Gasteiger charge is 2.23. The van der Waals surface area contributed by atoms with E-state index in [1.807, 2.05) is 20.8 Å². The standard InChI is InChI=1S/C18H26N4OS/c1-5-11(2)19-17(23)15-12(3)14-16(22-9-7-6-8-10-22)20-13(4)21-18(14)24-15/h11H,5-10H2,1-4H3,(H,19,23). The number of thiophene rings is 1. The molecule has 1 unspecified atom stereocenters. The van der Waals surface area contributed by atoms with E-state index in [1.165, 1.54) is 30.6 Å². The first kappa shape index (κ1) is 17.1. The second kappa shape index (κ2) is 7.05. The maximum atomic E-state index is 12.6. The van der Waals surface area contributed by atoms with E-state index < -0.39 is 0 Å². The van der Waals surface area contributed by atoms with Gasteiger partial charge in [-0.25, -0.2) is 9.97 Å². The van der Waals surface area contributed by atoms with Gasteiger partial charge < -0.3 is 10.2 Å². The first-order chi connectivity index (χ1) is 11.5. The van der Waals surface area contributed by atoms with Crippen LogP contribution >= 0.6 is 11.3 Å². The Morgan fingerprint density at radius 2 is 1.96 bits per heavy atom. The molecule has 3 rings (SSSR count). The molecule has 0 radical (unpaired) electrons. The van der Waals surface area contributed by atoms with E-state index in [1.54, 1.807) is 0 Å². The number of rotatable bonds is 4. The Morgan fingerprint density at radius 3 is 2.62 bits per heavy atom. The molecular formula is C18H26N4OS. The molecule has 1 aliphatic heterocycles. The third-order valence-electron chi connectivity index (χ3n) is 4.73. The number of anilines is 1. The first-order valence-electron chi connectivity index (χ1n) is 8.84. The van der Waals surface area contributed by atoms with E-state index in [9.17, 15) is 4.79 Å². The summed E-state index contributed by atoms with van der Waals surface area (Å²) < 4.78 is 0. The fraction of sp³-hybridized carbons (Fsp3) is 0.611. The number of piperidine rings is 1. The number of carbonyl (C=O) groups is 1. The smallest absolute Gasteiger partial charge is 0.261 e. The molecule has 1 aliphatic rings. The monoisotopic (exact) mass is 346 g/mol. The van der Waals surface area contributed by atoms with Crippen LogP contribution in [0.4, 0.5) is 5.82 Å². The fourth-order valence-corrected chi connectivity index (χ4v) is 4.29. The predicted octanol–water partition coefficient (Wildman–Crippen LogP) is 3.83. The van der Waals surface area contributed by atoms with Crippen molar-refractivity contribution in [2.24, 2.45) is 0 Å². The lowest BCUT2D eigenvalue weighted by Gasteiger charge is -2.28. The molecule has 0 saturated carbocycles. The highest BCUT2D eigenvalue weighted by molar-refractivity contribution is 7.20. The van der Waals surface area contributed by atoms with Crippen LogP contribution in [-0.4, -0.2) is 35.0 Å². The lowest BCUT2D eigenvalue weighted by atomic mass is 10.1. The molecule has 0 spiro atoms. The molecule has 130 valence electrons. The molecule has 24 heavy (non-hydrogen) atoms. The summed E-state index contributed by atoms with van der Waals surface area (Å²) in [6.07, 6.45) is 4.62. The number of carbonyl (C=O) groups excluding carboxylic acids is 1. The van der Waals surface area contributed by atoms with Gasteiger partial charge in [0.15, 0.2) is 0 Å². The normalized spacial score (nSPS) is 16.4. The van der Waals surface area contributed by atoms with Crippen LogP contribution in [-0.2, 0) is 0 Å². The highest BCUT2D eigenvalue weighted by Crippen LogP contribution is 2.36. The summed E-state index contributed by atoms with van der Waals surface area (Å²) in [4.78, 5) is 26.0. The van der Waals surface area contributed by atoms with Gasteiger partial charge in [0.05, 0.1) is 10.3 Å². The quantitative estimate of drug-likeness (QED) is 0.914. The number of hydrogen-bond donors (Lipinski definition) is 1. The topological polar surface area (TPSA) is 58.1 Å². The number of nitrogens with zero attached hydrogens (tertiary/aromatic N) is 3. The second-order valence-corrected chi connectivity index (χ2v) is 7.66. The van der Waals surface area contributed by atoms with Crippen molar-refractivity contribution in [3.63, 3.8) is 0 Å². The third kappa shape index (κ3) is 3.24. The van der Waals surface area contributed by atoms with Gasteiger partial charge in [0.25, 0.3) is 5.91 Å². The van der Waals surface area contributed by atoms with Gasteiger partial charge in [-0.3, -0.25) is 4.79 Å². The number of fused-ring (bicyclic) bond motifs is 1. The molecule has 1 saturated heterocycles. The van der Waals surface area contributed by atoms with Crippen LogP contribution in [0.2, 0.25) is 0 Å². The van der Waals surface area contributed by atoms with Crippen LogP contribution < -0.4 is 10.2 Å². The molecule has 1 fully saturated rings. The largest absolute Gasteiger partial charge is 0.356 e. The zero-order valence-electron chi connectivity index (χ0n) is 15.0. The van der Waals surface area contributed by atoms with Gasteiger partial charge in [0.2, 0.25) is 0 Å². The summed E-state index contributed by atoms with van der Waals surface area (Å²) in [5.74, 6) is 1.79. The average Bonchev–Trinajstić information content (AvgIpc) is 2.91. The van der Waals surface area contributed by atoms with Gasteiger partial charge in [-0.15, -0.1) is 11.3 Å². The summed E-state index contributed by atoms with van der Waals surface area (Å²) in [7, 11) is 0. The number of nitrogens with one attached hydrogen (secondary N) is 1. The predicted molar refractivity (Wildman–Crippen MR) is 100 cm³/mol. The van der Waals surface area contributed by atoms with Gasteiger partial charge >= 0.3 is 0 Å². The minimum absolute atomic E-state index is 0.00657. The third-order valence-corrected chi connectivity index (χ3v) is 5.92. The van der Waals surface area contributed by atoms with Crippen LogP contribution in [0.3, 0.4) is 0 Å². The lowest BCUT2D eigenvalue weighted by Crippen LogP contribution is -2.32. The molecule has 5 nitrogen and oxygen atoms in total. The van der Waals surface area contributed by atoms with Crippen molar-refractivity contribution in [1.29, 1.82) is 0 Å². The second-order valence-electron chi connectivity index (χ2n) is 6.66. The summed E-state index contributed by atoms with van der Waals surface area (Å²) in [5.41, 5.74) is 1.01. The molecule has 2 aromatic rings. The molecule has 1 atom stereocenters. The number of aromatic nitrogens is 2. The average molecular weight is 347 g/mol. The van der Waals surface area contributed by atoms with Crippen LogP contribution in [0.1, 0.15) is 60.6 Å². The summed E-state index contributed by atoms with van der Waals surface area (Å²) in [6, 6.07) is 0.177. The van der Waals surface area contributed by atoms with E-state index in [4.69, 9.17) is 4.98 Å². The molecule has 1 amide bonds. The molecule has 3 heterocycles. The highest BCUT2D eigenvalue weighted by atomic mass is 32.1.